The minimum absolute atomic E-state index is 0.0409. The Balaban J connectivity index is 1.94. The van der Waals surface area contributed by atoms with Gasteiger partial charge in [-0.2, -0.15) is 5.26 Å². The fourth-order valence-electron chi connectivity index (χ4n) is 2.54. The third-order valence-electron chi connectivity index (χ3n) is 3.74. The summed E-state index contributed by atoms with van der Waals surface area (Å²) in [6.07, 6.45) is 4.41. The molecule has 0 saturated carbocycles. The van der Waals surface area contributed by atoms with E-state index < -0.39 is 0 Å². The van der Waals surface area contributed by atoms with Crippen LogP contribution in [0.3, 0.4) is 0 Å². The molecule has 1 aromatic rings. The van der Waals surface area contributed by atoms with Crippen molar-refractivity contribution in [3.63, 3.8) is 0 Å². The van der Waals surface area contributed by atoms with Crippen LogP contribution >= 0.6 is 0 Å². The van der Waals surface area contributed by atoms with E-state index in [0.29, 0.717) is 12.1 Å². The summed E-state index contributed by atoms with van der Waals surface area (Å²) in [5.41, 5.74) is 1.70. The molecule has 1 saturated heterocycles. The van der Waals surface area contributed by atoms with Crippen LogP contribution in [0.2, 0.25) is 0 Å². The van der Waals surface area contributed by atoms with Gasteiger partial charge in [0, 0.05) is 13.6 Å². The zero-order chi connectivity index (χ0) is 14.4. The van der Waals surface area contributed by atoms with Gasteiger partial charge in [0.05, 0.1) is 17.7 Å². The first-order valence-corrected chi connectivity index (χ1v) is 7.18. The van der Waals surface area contributed by atoms with Gasteiger partial charge in [-0.25, -0.2) is 0 Å². The van der Waals surface area contributed by atoms with E-state index in [1.54, 1.807) is 17.0 Å². The third-order valence-corrected chi connectivity index (χ3v) is 3.74. The zero-order valence-corrected chi connectivity index (χ0v) is 11.9. The molecule has 0 aromatic heterocycles. The molecule has 0 aliphatic carbocycles. The van der Waals surface area contributed by atoms with E-state index in [0.717, 1.165) is 31.4 Å². The number of carbonyl (C=O) groups is 1. The van der Waals surface area contributed by atoms with Gasteiger partial charge >= 0.3 is 0 Å². The number of carbonyl (C=O) groups excluding carboxylic acids is 1. The topological polar surface area (TPSA) is 56.1 Å². The molecule has 0 radical (unpaired) electrons. The Kier molecular flexibility index (Phi) is 5.14. The molecule has 1 fully saturated rings. The largest absolute Gasteiger partial charge is 0.340 e. The van der Waals surface area contributed by atoms with Crippen LogP contribution < -0.4 is 5.32 Å². The van der Waals surface area contributed by atoms with Gasteiger partial charge in [0.2, 0.25) is 5.91 Å². The molecular formula is C16H21N3O. The second kappa shape index (κ2) is 7.06. The highest BCUT2D eigenvalue weighted by atomic mass is 16.2. The first-order valence-electron chi connectivity index (χ1n) is 7.18. The summed E-state index contributed by atoms with van der Waals surface area (Å²) in [4.78, 5) is 14.2. The Labute approximate surface area is 120 Å². The lowest BCUT2D eigenvalue weighted by molar-refractivity contribution is -0.132. The van der Waals surface area contributed by atoms with Crippen LogP contribution in [-0.4, -0.2) is 30.4 Å². The van der Waals surface area contributed by atoms with Crippen molar-refractivity contribution in [3.8, 4) is 6.07 Å². The quantitative estimate of drug-likeness (QED) is 0.915. The molecule has 1 amide bonds. The second-order valence-corrected chi connectivity index (χ2v) is 5.36. The molecule has 4 heteroatoms. The molecule has 106 valence electrons. The third kappa shape index (κ3) is 3.82. The summed E-state index contributed by atoms with van der Waals surface area (Å²) < 4.78 is 0. The van der Waals surface area contributed by atoms with Gasteiger partial charge in [-0.3, -0.25) is 4.79 Å². The second-order valence-electron chi connectivity index (χ2n) is 5.36. The van der Waals surface area contributed by atoms with E-state index in [1.165, 1.54) is 6.42 Å². The van der Waals surface area contributed by atoms with Crippen molar-refractivity contribution in [1.82, 2.24) is 10.2 Å². The predicted molar refractivity (Wildman–Crippen MR) is 77.9 cm³/mol. The zero-order valence-electron chi connectivity index (χ0n) is 11.9. The van der Waals surface area contributed by atoms with E-state index in [1.807, 2.05) is 19.2 Å². The van der Waals surface area contributed by atoms with Crippen LogP contribution in [-0.2, 0) is 11.3 Å². The molecule has 1 aliphatic rings. The molecule has 1 heterocycles. The standard InChI is InChI=1S/C16H21N3O/c1-19(12-14-8-6-13(11-17)7-9-14)16(20)15-5-3-2-4-10-18-15/h6-9,15,18H,2-5,10,12H2,1H3. The predicted octanol–water partition coefficient (Wildman–Crippen LogP) is 2.05. The van der Waals surface area contributed by atoms with Crippen LogP contribution in [0.5, 0.6) is 0 Å². The maximum Gasteiger partial charge on any atom is 0.239 e. The molecule has 1 atom stereocenters. The van der Waals surface area contributed by atoms with Crippen LogP contribution in [0.4, 0.5) is 0 Å². The number of benzene rings is 1. The highest BCUT2D eigenvalue weighted by molar-refractivity contribution is 5.81. The smallest absolute Gasteiger partial charge is 0.239 e. The molecule has 1 N–H and O–H groups in total. The maximum atomic E-state index is 12.4. The summed E-state index contributed by atoms with van der Waals surface area (Å²) >= 11 is 0. The normalized spacial score (nSPS) is 18.9. The van der Waals surface area contributed by atoms with Crippen molar-refractivity contribution in [2.45, 2.75) is 38.3 Å². The molecule has 1 unspecified atom stereocenters. The van der Waals surface area contributed by atoms with Gasteiger partial charge in [0.15, 0.2) is 0 Å². The summed E-state index contributed by atoms with van der Waals surface area (Å²) in [7, 11) is 1.84. The average molecular weight is 271 g/mol. The Morgan fingerprint density at radius 2 is 2.10 bits per heavy atom. The Morgan fingerprint density at radius 3 is 2.80 bits per heavy atom. The lowest BCUT2D eigenvalue weighted by Gasteiger charge is -2.23. The Morgan fingerprint density at radius 1 is 1.35 bits per heavy atom. The van der Waals surface area contributed by atoms with Crippen molar-refractivity contribution in [1.29, 1.82) is 5.26 Å². The lowest BCUT2D eigenvalue weighted by atomic mass is 10.1. The van der Waals surface area contributed by atoms with Gasteiger partial charge in [0.1, 0.15) is 0 Å². The van der Waals surface area contributed by atoms with Crippen molar-refractivity contribution >= 4 is 5.91 Å². The fraction of sp³-hybridized carbons (Fsp3) is 0.500. The van der Waals surface area contributed by atoms with E-state index >= 15 is 0 Å². The first kappa shape index (κ1) is 14.5. The van der Waals surface area contributed by atoms with Crippen molar-refractivity contribution in [2.75, 3.05) is 13.6 Å². The van der Waals surface area contributed by atoms with Crippen LogP contribution in [0.1, 0.15) is 36.8 Å². The highest BCUT2D eigenvalue weighted by Crippen LogP contribution is 2.12. The maximum absolute atomic E-state index is 12.4. The number of rotatable bonds is 3. The molecule has 2 rings (SSSR count). The number of nitrogens with zero attached hydrogens (tertiary/aromatic N) is 2. The monoisotopic (exact) mass is 271 g/mol. The number of hydrogen-bond donors (Lipinski definition) is 1. The van der Waals surface area contributed by atoms with Crippen molar-refractivity contribution in [2.24, 2.45) is 0 Å². The molecule has 20 heavy (non-hydrogen) atoms. The van der Waals surface area contributed by atoms with E-state index in [-0.39, 0.29) is 11.9 Å². The molecule has 1 aromatic carbocycles. The number of nitriles is 1. The van der Waals surface area contributed by atoms with E-state index in [4.69, 9.17) is 5.26 Å². The lowest BCUT2D eigenvalue weighted by Crippen LogP contribution is -2.44. The summed E-state index contributed by atoms with van der Waals surface area (Å²) in [5, 5.41) is 12.1. The fourth-order valence-corrected chi connectivity index (χ4v) is 2.54. The molecule has 0 bridgehead atoms. The van der Waals surface area contributed by atoms with E-state index in [9.17, 15) is 4.79 Å². The number of nitrogens with one attached hydrogen (secondary N) is 1. The minimum Gasteiger partial charge on any atom is -0.340 e. The summed E-state index contributed by atoms with van der Waals surface area (Å²) in [5.74, 6) is 0.163. The first-order chi connectivity index (χ1) is 9.70. The van der Waals surface area contributed by atoms with Gasteiger partial charge in [0.25, 0.3) is 0 Å². The average Bonchev–Trinajstić information content (AvgIpc) is 2.76. The minimum atomic E-state index is -0.0409. The van der Waals surface area contributed by atoms with E-state index in [2.05, 4.69) is 11.4 Å². The van der Waals surface area contributed by atoms with Crippen LogP contribution in [0, 0.1) is 11.3 Å². The van der Waals surface area contributed by atoms with Gasteiger partial charge in [-0.15, -0.1) is 0 Å². The Bertz CT molecular complexity index is 481. The summed E-state index contributed by atoms with van der Waals surface area (Å²) in [6.45, 7) is 1.52. The Hall–Kier alpha value is -1.86. The van der Waals surface area contributed by atoms with Crippen LogP contribution in [0.15, 0.2) is 24.3 Å². The molecular weight excluding hydrogens is 250 g/mol. The highest BCUT2D eigenvalue weighted by Gasteiger charge is 2.22. The number of hydrogen-bond acceptors (Lipinski definition) is 3. The van der Waals surface area contributed by atoms with Gasteiger partial charge in [-0.1, -0.05) is 25.0 Å². The van der Waals surface area contributed by atoms with Gasteiger partial charge < -0.3 is 10.2 Å². The number of likely N-dealkylation sites (N-methyl/N-ethyl adjacent to an activating group) is 1. The molecule has 0 spiro atoms. The van der Waals surface area contributed by atoms with Crippen LogP contribution in [0.25, 0.3) is 0 Å². The molecule has 4 nitrogen and oxygen atoms in total. The van der Waals surface area contributed by atoms with Crippen molar-refractivity contribution in [3.05, 3.63) is 35.4 Å². The SMILES string of the molecule is CN(Cc1ccc(C#N)cc1)C(=O)C1CCCCCN1. The number of amides is 1. The van der Waals surface area contributed by atoms with Crippen molar-refractivity contribution < 1.29 is 4.79 Å². The molecule has 1 aliphatic heterocycles. The van der Waals surface area contributed by atoms with Gasteiger partial charge in [-0.05, 0) is 37.1 Å². The summed E-state index contributed by atoms with van der Waals surface area (Å²) in [6, 6.07) is 9.45.